The van der Waals surface area contributed by atoms with Gasteiger partial charge in [0.2, 0.25) is 5.91 Å². The van der Waals surface area contributed by atoms with Gasteiger partial charge in [-0.3, -0.25) is 4.79 Å². The predicted octanol–water partition coefficient (Wildman–Crippen LogP) is 1.76. The molecule has 180 valence electrons. The maximum Gasteiger partial charge on any atom is 0.238 e. The summed E-state index contributed by atoms with van der Waals surface area (Å²) < 4.78 is 26.6. The molecule has 6 atom stereocenters. The quantitative estimate of drug-likeness (QED) is 0.602. The molecule has 2 aliphatic carbocycles. The Bertz CT molecular complexity index is 1270. The van der Waals surface area contributed by atoms with Gasteiger partial charge in [-0.25, -0.2) is 8.42 Å². The average molecular weight is 483 g/mol. The zero-order chi connectivity index (χ0) is 23.9. The Morgan fingerprint density at radius 1 is 1.12 bits per heavy atom. The monoisotopic (exact) mass is 482 g/mol. The number of benzene rings is 2. The first-order valence-corrected chi connectivity index (χ1v) is 13.5. The second kappa shape index (κ2) is 7.29. The van der Waals surface area contributed by atoms with Crippen LogP contribution in [0.2, 0.25) is 0 Å². The maximum absolute atomic E-state index is 13.3. The van der Waals surface area contributed by atoms with Crippen LogP contribution in [0.3, 0.4) is 0 Å². The van der Waals surface area contributed by atoms with Crippen molar-refractivity contribution in [3.05, 3.63) is 59.7 Å². The number of piperidine rings is 2. The minimum absolute atomic E-state index is 0.0962. The van der Waals surface area contributed by atoms with Crippen molar-refractivity contribution in [1.29, 1.82) is 0 Å². The summed E-state index contributed by atoms with van der Waals surface area (Å²) in [6.45, 7) is 0.818. The molecule has 4 aliphatic rings. The lowest BCUT2D eigenvalue weighted by atomic mass is 9.46. The molecule has 34 heavy (non-hydrogen) atoms. The molecule has 2 aromatic rings. The number of fused-ring (bicyclic) bond motifs is 2. The minimum atomic E-state index is -3.83. The van der Waals surface area contributed by atoms with E-state index in [4.69, 9.17) is 0 Å². The summed E-state index contributed by atoms with van der Waals surface area (Å²) in [4.78, 5) is 15.5. The lowest BCUT2D eigenvalue weighted by Crippen LogP contribution is -2.76. The molecule has 0 radical (unpaired) electrons. The molecule has 1 saturated carbocycles. The van der Waals surface area contributed by atoms with Crippen LogP contribution in [0.1, 0.15) is 36.8 Å². The Morgan fingerprint density at radius 3 is 2.65 bits per heavy atom. The fourth-order valence-electron chi connectivity index (χ4n) is 7.43. The van der Waals surface area contributed by atoms with E-state index in [2.05, 4.69) is 10.2 Å². The molecule has 2 aromatic carbocycles. The molecule has 3 fully saturated rings. The van der Waals surface area contributed by atoms with E-state index in [1.807, 2.05) is 13.1 Å². The lowest BCUT2D eigenvalue weighted by molar-refractivity contribution is -0.181. The number of carbonyl (C=O) groups excluding carboxylic acids is 1. The van der Waals surface area contributed by atoms with Crippen molar-refractivity contribution < 1.29 is 23.4 Å². The Balaban J connectivity index is 1.40. The number of hydrogen-bond donors (Lipinski definition) is 3. The van der Waals surface area contributed by atoms with E-state index >= 15 is 0 Å². The number of likely N-dealkylation sites (tertiary alicyclic amines) is 1. The maximum atomic E-state index is 13.3. The standard InChI is InChI=1S/C26H30N2O5S/c1-28-10-9-25-15-21-17(11-22(24(30)27-21)34(32,33)19-5-3-2-4-6-19)14-26(25,31)23(28)12-16-7-8-18(29)13-20(16)25/h2-8,13,17,21-23,29,31H,9-12,14-15H2,1H3,(H,27,30)/t17?,21?,22?,23-,25-,26-/m1/s1. The third kappa shape index (κ3) is 2.88. The molecule has 2 aliphatic heterocycles. The molecule has 1 amide bonds. The number of aromatic hydroxyl groups is 1. The number of nitrogens with zero attached hydrogens (tertiary/aromatic N) is 1. The van der Waals surface area contributed by atoms with Crippen LogP contribution >= 0.6 is 0 Å². The Morgan fingerprint density at radius 2 is 1.88 bits per heavy atom. The highest BCUT2D eigenvalue weighted by Crippen LogP contribution is 2.60. The van der Waals surface area contributed by atoms with Gasteiger partial charge in [-0.2, -0.15) is 0 Å². The summed E-state index contributed by atoms with van der Waals surface area (Å²) >= 11 is 0. The van der Waals surface area contributed by atoms with Crippen LogP contribution < -0.4 is 5.32 Å². The summed E-state index contributed by atoms with van der Waals surface area (Å²) in [6.07, 6.45) is 2.56. The first-order valence-electron chi connectivity index (χ1n) is 12.0. The van der Waals surface area contributed by atoms with Crippen LogP contribution in [-0.2, 0) is 26.5 Å². The number of likely N-dealkylation sites (N-methyl/N-ethyl adjacent to an activating group) is 1. The zero-order valence-corrected chi connectivity index (χ0v) is 20.0. The van der Waals surface area contributed by atoms with Gasteiger partial charge in [0.15, 0.2) is 9.84 Å². The van der Waals surface area contributed by atoms with Crippen LogP contribution in [0.4, 0.5) is 0 Å². The topological polar surface area (TPSA) is 107 Å². The van der Waals surface area contributed by atoms with Gasteiger partial charge in [0, 0.05) is 17.5 Å². The summed E-state index contributed by atoms with van der Waals surface area (Å²) in [7, 11) is -1.80. The van der Waals surface area contributed by atoms with Gasteiger partial charge in [-0.15, -0.1) is 0 Å². The Hall–Kier alpha value is -2.42. The van der Waals surface area contributed by atoms with Gasteiger partial charge < -0.3 is 20.4 Å². The zero-order valence-electron chi connectivity index (χ0n) is 19.1. The van der Waals surface area contributed by atoms with Gasteiger partial charge in [0.05, 0.1) is 10.5 Å². The van der Waals surface area contributed by atoms with E-state index in [-0.39, 0.29) is 35.1 Å². The summed E-state index contributed by atoms with van der Waals surface area (Å²) in [5.41, 5.74) is 0.455. The van der Waals surface area contributed by atoms with E-state index in [0.717, 1.165) is 24.1 Å². The minimum Gasteiger partial charge on any atom is -0.508 e. The molecule has 0 aromatic heterocycles. The highest BCUT2D eigenvalue weighted by Gasteiger charge is 2.67. The SMILES string of the molecule is CN1CC[C@]23CC4NC(=O)C(S(=O)(=O)c5ccccc5)CC4C[C@@]2(O)[C@H]1Cc1ccc(O)cc13. The molecule has 2 bridgehead atoms. The molecule has 7 nitrogen and oxygen atoms in total. The molecule has 2 heterocycles. The third-order valence-electron chi connectivity index (χ3n) is 9.12. The van der Waals surface area contributed by atoms with E-state index in [9.17, 15) is 23.4 Å². The summed E-state index contributed by atoms with van der Waals surface area (Å²) in [5.74, 6) is -0.424. The number of amides is 1. The van der Waals surface area contributed by atoms with Crippen LogP contribution in [0.15, 0.2) is 53.4 Å². The average Bonchev–Trinajstić information content (AvgIpc) is 2.81. The smallest absolute Gasteiger partial charge is 0.238 e. The number of rotatable bonds is 2. The number of carbonyl (C=O) groups is 1. The molecule has 2 saturated heterocycles. The molecule has 8 heteroatoms. The molecule has 3 N–H and O–H groups in total. The van der Waals surface area contributed by atoms with Crippen molar-refractivity contribution in [1.82, 2.24) is 10.2 Å². The van der Waals surface area contributed by atoms with Crippen molar-refractivity contribution in [3.63, 3.8) is 0 Å². The van der Waals surface area contributed by atoms with Crippen LogP contribution in [0.5, 0.6) is 5.75 Å². The second-order valence-corrected chi connectivity index (χ2v) is 12.8. The fraction of sp³-hybridized carbons (Fsp3) is 0.500. The Kier molecular flexibility index (Phi) is 4.73. The first-order chi connectivity index (χ1) is 16.2. The lowest BCUT2D eigenvalue weighted by Gasteiger charge is -2.66. The number of nitrogens with one attached hydrogen (secondary N) is 1. The number of phenolic OH excluding ortho intramolecular Hbond substituents is 1. The predicted molar refractivity (Wildman–Crippen MR) is 126 cm³/mol. The van der Waals surface area contributed by atoms with Crippen molar-refractivity contribution in [3.8, 4) is 5.75 Å². The number of aliphatic hydroxyl groups is 1. The second-order valence-electron chi connectivity index (χ2n) is 10.7. The van der Waals surface area contributed by atoms with Gasteiger partial charge in [0.1, 0.15) is 11.0 Å². The number of hydrogen-bond acceptors (Lipinski definition) is 6. The molecule has 3 unspecified atom stereocenters. The molecule has 0 spiro atoms. The normalized spacial score (nSPS) is 37.2. The summed E-state index contributed by atoms with van der Waals surface area (Å²) in [5, 5.41) is 24.6. The van der Waals surface area contributed by atoms with Gasteiger partial charge in [-0.05, 0) is 87.0 Å². The molecule has 6 rings (SSSR count). The fourth-order valence-corrected chi connectivity index (χ4v) is 9.15. The molecular formula is C26H30N2O5S. The van der Waals surface area contributed by atoms with Gasteiger partial charge in [0.25, 0.3) is 0 Å². The van der Waals surface area contributed by atoms with Crippen molar-refractivity contribution in [2.75, 3.05) is 13.6 Å². The third-order valence-corrected chi connectivity index (χ3v) is 11.2. The van der Waals surface area contributed by atoms with Crippen molar-refractivity contribution in [2.24, 2.45) is 5.92 Å². The number of sulfone groups is 1. The highest BCUT2D eigenvalue weighted by atomic mass is 32.2. The van der Waals surface area contributed by atoms with Crippen LogP contribution in [0, 0.1) is 5.92 Å². The number of phenols is 1. The van der Waals surface area contributed by atoms with E-state index in [1.165, 1.54) is 12.1 Å². The van der Waals surface area contributed by atoms with E-state index < -0.39 is 32.0 Å². The van der Waals surface area contributed by atoms with E-state index in [0.29, 0.717) is 19.3 Å². The van der Waals surface area contributed by atoms with Gasteiger partial charge >= 0.3 is 0 Å². The van der Waals surface area contributed by atoms with E-state index in [1.54, 1.807) is 30.3 Å². The Labute approximate surface area is 199 Å². The first kappa shape index (κ1) is 22.1. The van der Waals surface area contributed by atoms with Crippen molar-refractivity contribution in [2.45, 2.75) is 65.3 Å². The van der Waals surface area contributed by atoms with Crippen LogP contribution in [-0.4, -0.2) is 66.0 Å². The summed E-state index contributed by atoms with van der Waals surface area (Å²) in [6, 6.07) is 13.3. The highest BCUT2D eigenvalue weighted by molar-refractivity contribution is 7.92. The van der Waals surface area contributed by atoms with Gasteiger partial charge in [-0.1, -0.05) is 24.3 Å². The van der Waals surface area contributed by atoms with Crippen molar-refractivity contribution >= 4 is 15.7 Å². The molecular weight excluding hydrogens is 452 g/mol. The van der Waals surface area contributed by atoms with Crippen LogP contribution in [0.25, 0.3) is 0 Å². The largest absolute Gasteiger partial charge is 0.508 e.